The standard InChI is InChI=1S/C43H54N9O4P/c1-30(2)52(31(3)4)57(54-24-12-23-44)55-26-38-37(25-39(56-38)51-29-47-40-41(48-28-50(6)7)45-27-46-42(40)51)49-43(33-13-10-9-11-14-33,34-17-15-32(5)16-18-34)35-19-21-36(53-8)22-20-35/h9-11,13-22,27-31,37-39,49H,12,24-26H2,1-8H3/t37-,38+,39+,43?,57?/m0/s1. The lowest BCUT2D eigenvalue weighted by Gasteiger charge is -2.41. The molecule has 0 spiro atoms. The average Bonchev–Trinajstić information content (AvgIpc) is 3.83. The van der Waals surface area contributed by atoms with Crippen LogP contribution in [0.2, 0.25) is 0 Å². The summed E-state index contributed by atoms with van der Waals surface area (Å²) in [5.74, 6) is 1.25. The Labute approximate surface area is 337 Å². The molecular formula is C43H54N9O4P. The molecule has 57 heavy (non-hydrogen) atoms. The SMILES string of the molecule is COc1ccc(C(N[C@H]2C[C@H](n3cnc4c(N=CN(C)C)ncnc43)O[C@@H]2COP(OCCC#N)N(C(C)C)C(C)C)(c2ccccc2)c2ccc(C)cc2)cc1. The second-order valence-electron chi connectivity index (χ2n) is 14.9. The van der Waals surface area contributed by atoms with Gasteiger partial charge in [0.1, 0.15) is 18.3 Å². The second-order valence-corrected chi connectivity index (χ2v) is 16.4. The lowest BCUT2D eigenvalue weighted by molar-refractivity contribution is -0.0242. The molecule has 1 aliphatic rings. The van der Waals surface area contributed by atoms with Crippen LogP contribution in [0.1, 0.15) is 69.0 Å². The number of hydrogen-bond donors (Lipinski definition) is 1. The van der Waals surface area contributed by atoms with E-state index in [1.165, 1.54) is 11.9 Å². The van der Waals surface area contributed by atoms with Crippen molar-refractivity contribution in [3.8, 4) is 11.8 Å². The van der Waals surface area contributed by atoms with Gasteiger partial charge in [-0.1, -0.05) is 72.3 Å². The van der Waals surface area contributed by atoms with E-state index in [1.807, 2.05) is 41.8 Å². The van der Waals surface area contributed by atoms with Crippen molar-refractivity contribution < 1.29 is 18.5 Å². The topological polar surface area (TPSA) is 135 Å². The van der Waals surface area contributed by atoms with Gasteiger partial charge >= 0.3 is 0 Å². The Bertz CT molecular complexity index is 2100. The zero-order chi connectivity index (χ0) is 40.5. The number of benzene rings is 3. The van der Waals surface area contributed by atoms with E-state index < -0.39 is 26.4 Å². The predicted octanol–water partition coefficient (Wildman–Crippen LogP) is 7.90. The van der Waals surface area contributed by atoms with Crippen LogP contribution in [-0.2, 0) is 19.3 Å². The highest BCUT2D eigenvalue weighted by Gasteiger charge is 2.45. The van der Waals surface area contributed by atoms with Gasteiger partial charge in [-0.2, -0.15) is 5.26 Å². The van der Waals surface area contributed by atoms with Crippen LogP contribution in [0.5, 0.6) is 5.75 Å². The van der Waals surface area contributed by atoms with E-state index in [4.69, 9.17) is 23.5 Å². The molecule has 1 saturated heterocycles. The number of nitrogens with zero attached hydrogens (tertiary/aromatic N) is 8. The smallest absolute Gasteiger partial charge is 0.259 e. The Kier molecular flexibility index (Phi) is 14.0. The van der Waals surface area contributed by atoms with Crippen LogP contribution < -0.4 is 10.1 Å². The van der Waals surface area contributed by atoms with E-state index in [0.717, 1.165) is 22.4 Å². The number of nitrogens with one attached hydrogen (secondary N) is 1. The summed E-state index contributed by atoms with van der Waals surface area (Å²) in [6.45, 7) is 11.1. The minimum atomic E-state index is -1.52. The fourth-order valence-corrected chi connectivity index (χ4v) is 8.95. The number of fused-ring (bicyclic) bond motifs is 1. The first-order valence-corrected chi connectivity index (χ1v) is 20.5. The number of aliphatic imine (C=N–C) groups is 1. The zero-order valence-electron chi connectivity index (χ0n) is 34.1. The maximum atomic E-state index is 9.34. The second kappa shape index (κ2) is 19.1. The van der Waals surface area contributed by atoms with Crippen LogP contribution in [0.15, 0.2) is 96.5 Å². The van der Waals surface area contributed by atoms with Crippen LogP contribution in [0.4, 0.5) is 5.82 Å². The van der Waals surface area contributed by atoms with Gasteiger partial charge in [0.05, 0.1) is 57.1 Å². The lowest BCUT2D eigenvalue weighted by Crippen LogP contribution is -2.53. The number of imidazole rings is 1. The summed E-state index contributed by atoms with van der Waals surface area (Å²) < 4.78 is 30.0. The highest BCUT2D eigenvalue weighted by molar-refractivity contribution is 7.44. The quantitative estimate of drug-likeness (QED) is 0.0305. The molecule has 1 fully saturated rings. The molecule has 13 nitrogen and oxygen atoms in total. The van der Waals surface area contributed by atoms with Gasteiger partial charge in [-0.15, -0.1) is 0 Å². The molecule has 5 atom stereocenters. The Morgan fingerprint density at radius 2 is 1.63 bits per heavy atom. The van der Waals surface area contributed by atoms with E-state index in [-0.39, 0.29) is 37.8 Å². The number of hydrogen-bond acceptors (Lipinski definition) is 11. The summed E-state index contributed by atoms with van der Waals surface area (Å²) in [7, 11) is 3.97. The van der Waals surface area contributed by atoms with Crippen LogP contribution in [0, 0.1) is 18.3 Å². The Morgan fingerprint density at radius 1 is 0.965 bits per heavy atom. The fraction of sp³-hybridized carbons (Fsp3) is 0.419. The number of rotatable bonds is 18. The van der Waals surface area contributed by atoms with Crippen LogP contribution >= 0.6 is 8.53 Å². The summed E-state index contributed by atoms with van der Waals surface area (Å²) >= 11 is 0. The molecule has 0 amide bonds. The van der Waals surface area contributed by atoms with Crippen molar-refractivity contribution in [2.45, 2.75) is 83.5 Å². The highest BCUT2D eigenvalue weighted by atomic mass is 31.2. The molecule has 1 N–H and O–H groups in total. The normalized spacial score (nSPS) is 18.7. The zero-order valence-corrected chi connectivity index (χ0v) is 35.0. The van der Waals surface area contributed by atoms with Crippen molar-refractivity contribution in [3.05, 3.63) is 114 Å². The molecule has 0 aliphatic carbocycles. The Hall–Kier alpha value is -4.80. The highest BCUT2D eigenvalue weighted by Crippen LogP contribution is 2.48. The molecule has 14 heteroatoms. The Morgan fingerprint density at radius 3 is 2.26 bits per heavy atom. The van der Waals surface area contributed by atoms with E-state index in [1.54, 1.807) is 19.8 Å². The van der Waals surface area contributed by atoms with Crippen LogP contribution in [-0.4, -0.2) is 94.1 Å². The summed E-state index contributed by atoms with van der Waals surface area (Å²) in [5, 5.41) is 13.5. The third-order valence-electron chi connectivity index (χ3n) is 9.92. The molecule has 3 heterocycles. The number of nitriles is 1. The molecule has 0 radical (unpaired) electrons. The van der Waals surface area contributed by atoms with Crippen molar-refractivity contribution in [2.24, 2.45) is 4.99 Å². The molecule has 300 valence electrons. The van der Waals surface area contributed by atoms with Crippen LogP contribution in [0.3, 0.4) is 0 Å². The summed E-state index contributed by atoms with van der Waals surface area (Å²) in [6.07, 6.45) is 4.88. The fourth-order valence-electron chi connectivity index (χ4n) is 7.33. The largest absolute Gasteiger partial charge is 0.497 e. The van der Waals surface area contributed by atoms with E-state index >= 15 is 0 Å². The lowest BCUT2D eigenvalue weighted by atomic mass is 9.76. The van der Waals surface area contributed by atoms with Gasteiger partial charge in [-0.05, 0) is 63.4 Å². The van der Waals surface area contributed by atoms with Gasteiger partial charge < -0.3 is 23.4 Å². The minimum absolute atomic E-state index is 0.146. The maximum Gasteiger partial charge on any atom is 0.259 e. The van der Waals surface area contributed by atoms with E-state index in [2.05, 4.69) is 126 Å². The summed E-state index contributed by atoms with van der Waals surface area (Å²) in [6, 6.07) is 29.7. The predicted molar refractivity (Wildman–Crippen MR) is 224 cm³/mol. The molecule has 1 aliphatic heterocycles. The number of methoxy groups -OCH3 is 1. The van der Waals surface area contributed by atoms with Crippen molar-refractivity contribution in [2.75, 3.05) is 34.4 Å². The first kappa shape index (κ1) is 41.8. The van der Waals surface area contributed by atoms with Crippen LogP contribution in [0.25, 0.3) is 11.2 Å². The van der Waals surface area contributed by atoms with E-state index in [0.29, 0.717) is 23.4 Å². The van der Waals surface area contributed by atoms with E-state index in [9.17, 15) is 5.26 Å². The summed E-state index contributed by atoms with van der Waals surface area (Å²) in [4.78, 5) is 20.2. The van der Waals surface area contributed by atoms with Gasteiger partial charge in [-0.3, -0.25) is 9.88 Å². The third kappa shape index (κ3) is 9.50. The summed E-state index contributed by atoms with van der Waals surface area (Å²) in [5.41, 5.74) is 4.74. The van der Waals surface area contributed by atoms with Gasteiger partial charge in [0, 0.05) is 38.6 Å². The van der Waals surface area contributed by atoms with Gasteiger partial charge in [0.25, 0.3) is 8.53 Å². The molecule has 2 unspecified atom stereocenters. The molecular weight excluding hydrogens is 738 g/mol. The monoisotopic (exact) mass is 791 g/mol. The molecule has 2 aromatic heterocycles. The average molecular weight is 792 g/mol. The first-order chi connectivity index (χ1) is 27.5. The molecule has 3 aromatic carbocycles. The first-order valence-electron chi connectivity index (χ1n) is 19.3. The van der Waals surface area contributed by atoms with Crippen molar-refractivity contribution >= 4 is 31.8 Å². The van der Waals surface area contributed by atoms with Crippen molar-refractivity contribution in [3.63, 3.8) is 0 Å². The van der Waals surface area contributed by atoms with Gasteiger partial charge in [0.2, 0.25) is 0 Å². The molecule has 0 saturated carbocycles. The maximum absolute atomic E-state index is 9.34. The molecule has 6 rings (SSSR count). The molecule has 0 bridgehead atoms. The number of aryl methyl sites for hydroxylation is 1. The third-order valence-corrected chi connectivity index (χ3v) is 12.0. The molecule has 5 aromatic rings. The number of aromatic nitrogens is 4. The van der Waals surface area contributed by atoms with Gasteiger partial charge in [0.15, 0.2) is 17.0 Å². The van der Waals surface area contributed by atoms with Gasteiger partial charge in [-0.25, -0.2) is 24.6 Å². The van der Waals surface area contributed by atoms with Crippen molar-refractivity contribution in [1.82, 2.24) is 34.4 Å². The minimum Gasteiger partial charge on any atom is -0.497 e. The Balaban J connectivity index is 1.46. The number of ether oxygens (including phenoxy) is 2. The van der Waals surface area contributed by atoms with Crippen molar-refractivity contribution in [1.29, 1.82) is 5.26 Å².